The van der Waals surface area contributed by atoms with E-state index < -0.39 is 42.0 Å². The van der Waals surface area contributed by atoms with Gasteiger partial charge in [0.05, 0.1) is 6.61 Å². The number of rotatable bonds is 8. The molecule has 1 N–H and O–H groups in total. The number of esters is 2. The summed E-state index contributed by atoms with van der Waals surface area (Å²) in [5, 5.41) is 1.78. The van der Waals surface area contributed by atoms with Crippen LogP contribution < -0.4 is 5.32 Å². The zero-order chi connectivity index (χ0) is 21.4. The normalized spacial score (nSPS) is 12.6. The number of alkyl halides is 2. The predicted octanol–water partition coefficient (Wildman–Crippen LogP) is 3.21. The minimum Gasteiger partial charge on any atom is -0.464 e. The Labute approximate surface area is 162 Å². The summed E-state index contributed by atoms with van der Waals surface area (Å²) in [6, 6.07) is 6.10. The summed E-state index contributed by atoms with van der Waals surface area (Å²) in [4.78, 5) is 35.6. The number of hydrogen-bond donors (Lipinski definition) is 1. The monoisotopic (exact) mass is 401 g/mol. The fourth-order valence-corrected chi connectivity index (χ4v) is 2.07. The molecule has 0 fully saturated rings. The fraction of sp³-hybridized carbons (Fsp3) is 0.526. The van der Waals surface area contributed by atoms with E-state index in [1.54, 1.807) is 35.6 Å². The van der Waals surface area contributed by atoms with Crippen molar-refractivity contribution < 1.29 is 37.4 Å². The van der Waals surface area contributed by atoms with Crippen LogP contribution in [0, 0.1) is 0 Å². The Morgan fingerprint density at radius 3 is 2.21 bits per heavy atom. The van der Waals surface area contributed by atoms with Gasteiger partial charge in [-0.1, -0.05) is 30.3 Å². The van der Waals surface area contributed by atoms with Crippen LogP contribution in [0.2, 0.25) is 0 Å². The highest BCUT2D eigenvalue weighted by Gasteiger charge is 2.49. The molecule has 0 saturated carbocycles. The quantitative estimate of drug-likeness (QED) is 0.531. The van der Waals surface area contributed by atoms with Crippen LogP contribution in [0.4, 0.5) is 13.6 Å². The summed E-state index contributed by atoms with van der Waals surface area (Å²) in [5.41, 5.74) is -0.347. The lowest BCUT2D eigenvalue weighted by Crippen LogP contribution is -2.55. The zero-order valence-corrected chi connectivity index (χ0v) is 16.3. The standard InChI is InChI=1S/C19H25F2NO6/c1-5-26-16(24)15(22-17(25)28-18(2,3)4)19(20,21)11-14(23)27-12-13-9-7-6-8-10-13/h6-10,15H,5,11-12H2,1-4H3,(H,22,25)/t15-/m1/s1. The van der Waals surface area contributed by atoms with Crippen molar-refractivity contribution in [2.75, 3.05) is 6.61 Å². The maximum atomic E-state index is 14.6. The van der Waals surface area contributed by atoms with Gasteiger partial charge in [0.1, 0.15) is 18.6 Å². The van der Waals surface area contributed by atoms with E-state index in [2.05, 4.69) is 4.74 Å². The van der Waals surface area contributed by atoms with E-state index in [1.165, 1.54) is 27.7 Å². The van der Waals surface area contributed by atoms with Crippen molar-refractivity contribution in [1.82, 2.24) is 5.32 Å². The van der Waals surface area contributed by atoms with Gasteiger partial charge in [-0.05, 0) is 33.3 Å². The molecule has 1 atom stereocenters. The smallest absolute Gasteiger partial charge is 0.408 e. The molecule has 1 rings (SSSR count). The second-order valence-electron chi connectivity index (χ2n) is 6.92. The highest BCUT2D eigenvalue weighted by atomic mass is 19.3. The van der Waals surface area contributed by atoms with E-state index in [0.717, 1.165) is 0 Å². The Hall–Kier alpha value is -2.71. The number of benzene rings is 1. The van der Waals surface area contributed by atoms with Gasteiger partial charge in [-0.3, -0.25) is 4.79 Å². The van der Waals surface area contributed by atoms with Crippen molar-refractivity contribution in [2.24, 2.45) is 0 Å². The van der Waals surface area contributed by atoms with Crippen LogP contribution in [0.3, 0.4) is 0 Å². The largest absolute Gasteiger partial charge is 0.464 e. The van der Waals surface area contributed by atoms with Gasteiger partial charge in [0, 0.05) is 0 Å². The predicted molar refractivity (Wildman–Crippen MR) is 95.6 cm³/mol. The summed E-state index contributed by atoms with van der Waals surface area (Å²) in [6.07, 6.45) is -2.65. The highest BCUT2D eigenvalue weighted by Crippen LogP contribution is 2.26. The van der Waals surface area contributed by atoms with Crippen molar-refractivity contribution in [3.63, 3.8) is 0 Å². The van der Waals surface area contributed by atoms with Gasteiger partial charge >= 0.3 is 18.0 Å². The molecule has 28 heavy (non-hydrogen) atoms. The number of halogens is 2. The van der Waals surface area contributed by atoms with E-state index in [4.69, 9.17) is 9.47 Å². The van der Waals surface area contributed by atoms with E-state index in [1.807, 2.05) is 0 Å². The third-order valence-electron chi connectivity index (χ3n) is 3.23. The summed E-state index contributed by atoms with van der Waals surface area (Å²) >= 11 is 0. The molecule has 0 radical (unpaired) electrons. The summed E-state index contributed by atoms with van der Waals surface area (Å²) < 4.78 is 43.4. The molecule has 0 spiro atoms. The summed E-state index contributed by atoms with van der Waals surface area (Å²) in [6.45, 7) is 5.65. The van der Waals surface area contributed by atoms with E-state index in [-0.39, 0.29) is 13.2 Å². The van der Waals surface area contributed by atoms with Crippen LogP contribution in [0.1, 0.15) is 39.7 Å². The molecule has 0 bridgehead atoms. The Morgan fingerprint density at radius 1 is 1.07 bits per heavy atom. The van der Waals surface area contributed by atoms with Crippen LogP contribution in [0.25, 0.3) is 0 Å². The molecule has 0 aliphatic heterocycles. The Balaban J connectivity index is 2.80. The molecule has 7 nitrogen and oxygen atoms in total. The lowest BCUT2D eigenvalue weighted by Gasteiger charge is -2.27. The molecule has 156 valence electrons. The van der Waals surface area contributed by atoms with Gasteiger partial charge in [0.25, 0.3) is 5.92 Å². The van der Waals surface area contributed by atoms with Crippen LogP contribution in [-0.4, -0.2) is 42.2 Å². The zero-order valence-electron chi connectivity index (χ0n) is 16.3. The van der Waals surface area contributed by atoms with Gasteiger partial charge in [0.15, 0.2) is 6.04 Å². The number of carbonyl (C=O) groups is 3. The van der Waals surface area contributed by atoms with Gasteiger partial charge in [-0.2, -0.15) is 0 Å². The molecule has 0 unspecified atom stereocenters. The summed E-state index contributed by atoms with van der Waals surface area (Å²) in [7, 11) is 0. The first-order chi connectivity index (χ1) is 12.9. The van der Waals surface area contributed by atoms with Crippen LogP contribution in [0.5, 0.6) is 0 Å². The van der Waals surface area contributed by atoms with Crippen molar-refractivity contribution in [1.29, 1.82) is 0 Å². The number of hydrogen-bond acceptors (Lipinski definition) is 6. The first-order valence-electron chi connectivity index (χ1n) is 8.68. The molecule has 1 aromatic carbocycles. The lowest BCUT2D eigenvalue weighted by molar-refractivity contribution is -0.165. The van der Waals surface area contributed by atoms with Crippen LogP contribution in [0.15, 0.2) is 30.3 Å². The summed E-state index contributed by atoms with van der Waals surface area (Å²) in [5.74, 6) is -6.56. The van der Waals surface area contributed by atoms with E-state index in [0.29, 0.717) is 5.56 Å². The molecule has 0 saturated heterocycles. The second kappa shape index (κ2) is 10.0. The van der Waals surface area contributed by atoms with Crippen molar-refractivity contribution >= 4 is 18.0 Å². The van der Waals surface area contributed by atoms with Gasteiger partial charge < -0.3 is 19.5 Å². The molecule has 0 aromatic heterocycles. The molecule has 1 aromatic rings. The maximum Gasteiger partial charge on any atom is 0.408 e. The average Bonchev–Trinajstić information content (AvgIpc) is 2.57. The van der Waals surface area contributed by atoms with Gasteiger partial charge in [-0.15, -0.1) is 0 Å². The molecule has 0 heterocycles. The van der Waals surface area contributed by atoms with Crippen molar-refractivity contribution in [2.45, 2.75) is 58.3 Å². The molecule has 0 aliphatic carbocycles. The number of nitrogens with one attached hydrogen (secondary N) is 1. The van der Waals surface area contributed by atoms with Crippen LogP contribution >= 0.6 is 0 Å². The van der Waals surface area contributed by atoms with Crippen molar-refractivity contribution in [3.05, 3.63) is 35.9 Å². The lowest BCUT2D eigenvalue weighted by atomic mass is 10.1. The topological polar surface area (TPSA) is 90.9 Å². The number of amides is 1. The second-order valence-corrected chi connectivity index (χ2v) is 6.92. The fourth-order valence-electron chi connectivity index (χ4n) is 2.07. The molecular weight excluding hydrogens is 376 g/mol. The first-order valence-corrected chi connectivity index (χ1v) is 8.68. The Morgan fingerprint density at radius 2 is 1.68 bits per heavy atom. The molecular formula is C19H25F2NO6. The maximum absolute atomic E-state index is 14.6. The highest BCUT2D eigenvalue weighted by molar-refractivity contribution is 5.84. The number of alkyl carbamates (subject to hydrolysis) is 1. The van der Waals surface area contributed by atoms with E-state index >= 15 is 0 Å². The Bertz CT molecular complexity index is 673. The number of carbonyl (C=O) groups excluding carboxylic acids is 3. The van der Waals surface area contributed by atoms with Gasteiger partial charge in [-0.25, -0.2) is 18.4 Å². The Kier molecular flexibility index (Phi) is 8.34. The molecule has 0 aliphatic rings. The van der Waals surface area contributed by atoms with Crippen LogP contribution in [-0.2, 0) is 30.4 Å². The molecule has 1 amide bonds. The average molecular weight is 401 g/mol. The minimum absolute atomic E-state index is 0.181. The van der Waals surface area contributed by atoms with E-state index in [9.17, 15) is 23.2 Å². The third-order valence-corrected chi connectivity index (χ3v) is 3.23. The first kappa shape index (κ1) is 23.3. The minimum atomic E-state index is -3.95. The van der Waals surface area contributed by atoms with Crippen molar-refractivity contribution in [3.8, 4) is 0 Å². The van der Waals surface area contributed by atoms with Gasteiger partial charge in [0.2, 0.25) is 0 Å². The SMILES string of the molecule is CCOC(=O)[C@@H](NC(=O)OC(C)(C)C)C(F)(F)CC(=O)OCc1ccccc1. The molecule has 9 heteroatoms. The third kappa shape index (κ3) is 8.32. The number of ether oxygens (including phenoxy) is 3.